The Labute approximate surface area is 110 Å². The van der Waals surface area contributed by atoms with Gasteiger partial charge in [-0.2, -0.15) is 0 Å². The first-order valence-electron chi connectivity index (χ1n) is 5.39. The van der Waals surface area contributed by atoms with Crippen LogP contribution in [0.5, 0.6) is 5.75 Å². The SMILES string of the molecule is O=C(O)CCCCCOc1ccc(Cl)cc1Cl. The Kier molecular flexibility index (Phi) is 6.16. The zero-order valence-corrected chi connectivity index (χ0v) is 10.8. The third-order valence-corrected chi connectivity index (χ3v) is 2.72. The Hall–Kier alpha value is -0.930. The summed E-state index contributed by atoms with van der Waals surface area (Å²) in [5.41, 5.74) is 0. The van der Waals surface area contributed by atoms with E-state index in [0.29, 0.717) is 28.8 Å². The number of unbranched alkanes of at least 4 members (excludes halogenated alkanes) is 2. The molecule has 1 rings (SSSR count). The third kappa shape index (κ3) is 5.80. The first-order valence-corrected chi connectivity index (χ1v) is 6.15. The summed E-state index contributed by atoms with van der Waals surface area (Å²) in [7, 11) is 0. The highest BCUT2D eigenvalue weighted by molar-refractivity contribution is 6.35. The van der Waals surface area contributed by atoms with Gasteiger partial charge in [0.1, 0.15) is 5.75 Å². The van der Waals surface area contributed by atoms with Crippen LogP contribution in [0, 0.1) is 0 Å². The molecule has 94 valence electrons. The molecule has 0 radical (unpaired) electrons. The van der Waals surface area contributed by atoms with Crippen molar-refractivity contribution in [3.05, 3.63) is 28.2 Å². The second kappa shape index (κ2) is 7.41. The Balaban J connectivity index is 2.20. The summed E-state index contributed by atoms with van der Waals surface area (Å²) in [4.78, 5) is 10.3. The van der Waals surface area contributed by atoms with Gasteiger partial charge < -0.3 is 9.84 Å². The Bertz CT molecular complexity index is 380. The number of carboxylic acids is 1. The van der Waals surface area contributed by atoms with Crippen molar-refractivity contribution in [1.29, 1.82) is 0 Å². The molecular formula is C12H14Cl2O3. The van der Waals surface area contributed by atoms with Crippen LogP contribution in [0.4, 0.5) is 0 Å². The molecule has 17 heavy (non-hydrogen) atoms. The van der Waals surface area contributed by atoms with Crippen LogP contribution in [0.25, 0.3) is 0 Å². The fourth-order valence-corrected chi connectivity index (χ4v) is 1.79. The van der Waals surface area contributed by atoms with Gasteiger partial charge in [-0.05, 0) is 37.5 Å². The standard InChI is InChI=1S/C12H14Cl2O3/c13-9-5-6-11(10(14)8-9)17-7-3-1-2-4-12(15)16/h5-6,8H,1-4,7H2,(H,15,16). The van der Waals surface area contributed by atoms with Gasteiger partial charge in [0.15, 0.2) is 0 Å². The van der Waals surface area contributed by atoms with E-state index in [-0.39, 0.29) is 6.42 Å². The monoisotopic (exact) mass is 276 g/mol. The molecule has 0 amide bonds. The fraction of sp³-hybridized carbons (Fsp3) is 0.417. The largest absolute Gasteiger partial charge is 0.492 e. The number of aliphatic carboxylic acids is 1. The number of ether oxygens (including phenoxy) is 1. The molecule has 1 N–H and O–H groups in total. The number of benzene rings is 1. The average molecular weight is 277 g/mol. The van der Waals surface area contributed by atoms with Crippen LogP contribution in [-0.2, 0) is 4.79 Å². The zero-order chi connectivity index (χ0) is 12.7. The maximum Gasteiger partial charge on any atom is 0.303 e. The van der Waals surface area contributed by atoms with Crippen molar-refractivity contribution in [1.82, 2.24) is 0 Å². The predicted molar refractivity (Wildman–Crippen MR) is 68.1 cm³/mol. The smallest absolute Gasteiger partial charge is 0.303 e. The highest BCUT2D eigenvalue weighted by Gasteiger charge is 2.02. The van der Waals surface area contributed by atoms with Crippen LogP contribution in [0.1, 0.15) is 25.7 Å². The predicted octanol–water partition coefficient (Wildman–Crippen LogP) is 4.02. The van der Waals surface area contributed by atoms with E-state index < -0.39 is 5.97 Å². The van der Waals surface area contributed by atoms with Crippen molar-refractivity contribution >= 4 is 29.2 Å². The zero-order valence-electron chi connectivity index (χ0n) is 9.29. The molecule has 0 fully saturated rings. The molecule has 0 heterocycles. The van der Waals surface area contributed by atoms with Crippen molar-refractivity contribution in [2.45, 2.75) is 25.7 Å². The summed E-state index contributed by atoms with van der Waals surface area (Å²) in [6, 6.07) is 5.07. The summed E-state index contributed by atoms with van der Waals surface area (Å²) >= 11 is 11.7. The first-order chi connectivity index (χ1) is 8.09. The topological polar surface area (TPSA) is 46.5 Å². The van der Waals surface area contributed by atoms with Gasteiger partial charge >= 0.3 is 5.97 Å². The lowest BCUT2D eigenvalue weighted by Gasteiger charge is -2.07. The minimum Gasteiger partial charge on any atom is -0.492 e. The van der Waals surface area contributed by atoms with Gasteiger partial charge in [-0.1, -0.05) is 23.2 Å². The third-order valence-electron chi connectivity index (χ3n) is 2.19. The van der Waals surface area contributed by atoms with E-state index in [1.54, 1.807) is 18.2 Å². The van der Waals surface area contributed by atoms with Crippen molar-refractivity contribution in [2.24, 2.45) is 0 Å². The molecule has 5 heteroatoms. The van der Waals surface area contributed by atoms with E-state index >= 15 is 0 Å². The van der Waals surface area contributed by atoms with E-state index in [0.717, 1.165) is 12.8 Å². The average Bonchev–Trinajstić information content (AvgIpc) is 2.25. The molecular weight excluding hydrogens is 263 g/mol. The highest BCUT2D eigenvalue weighted by atomic mass is 35.5. The van der Waals surface area contributed by atoms with Crippen LogP contribution >= 0.6 is 23.2 Å². The van der Waals surface area contributed by atoms with Crippen LogP contribution in [0.3, 0.4) is 0 Å². The van der Waals surface area contributed by atoms with E-state index in [2.05, 4.69) is 0 Å². The number of halogens is 2. The summed E-state index contributed by atoms with van der Waals surface area (Å²) in [5.74, 6) is -0.152. The number of hydrogen-bond donors (Lipinski definition) is 1. The summed E-state index contributed by atoms with van der Waals surface area (Å²) in [6.07, 6.45) is 2.53. The maximum atomic E-state index is 10.3. The molecule has 0 unspecified atom stereocenters. The summed E-state index contributed by atoms with van der Waals surface area (Å²) in [6.45, 7) is 0.529. The van der Waals surface area contributed by atoms with Gasteiger partial charge in [0.25, 0.3) is 0 Å². The second-order valence-corrected chi connectivity index (χ2v) is 4.47. The minimum absolute atomic E-state index is 0.210. The van der Waals surface area contributed by atoms with Gasteiger partial charge in [0.2, 0.25) is 0 Å². The molecule has 0 bridgehead atoms. The van der Waals surface area contributed by atoms with Crippen molar-refractivity contribution in [3.8, 4) is 5.75 Å². The quantitative estimate of drug-likeness (QED) is 0.766. The molecule has 0 spiro atoms. The van der Waals surface area contributed by atoms with Crippen LogP contribution in [-0.4, -0.2) is 17.7 Å². The van der Waals surface area contributed by atoms with Gasteiger partial charge in [-0.3, -0.25) is 4.79 Å². The van der Waals surface area contributed by atoms with Crippen LogP contribution in [0.15, 0.2) is 18.2 Å². The lowest BCUT2D eigenvalue weighted by molar-refractivity contribution is -0.137. The molecule has 0 aliphatic rings. The number of carboxylic acid groups (broad SMARTS) is 1. The van der Waals surface area contributed by atoms with E-state index in [1.807, 2.05) is 0 Å². The molecule has 0 aromatic heterocycles. The van der Waals surface area contributed by atoms with E-state index in [1.165, 1.54) is 0 Å². The molecule has 0 saturated heterocycles. The van der Waals surface area contributed by atoms with Crippen molar-refractivity contribution in [2.75, 3.05) is 6.61 Å². The lowest BCUT2D eigenvalue weighted by atomic mass is 10.2. The number of hydrogen-bond acceptors (Lipinski definition) is 2. The second-order valence-electron chi connectivity index (χ2n) is 3.63. The molecule has 0 aliphatic carbocycles. The molecule has 1 aromatic carbocycles. The number of rotatable bonds is 7. The maximum absolute atomic E-state index is 10.3. The minimum atomic E-state index is -0.758. The number of carbonyl (C=O) groups is 1. The molecule has 3 nitrogen and oxygen atoms in total. The Morgan fingerprint density at radius 2 is 2.00 bits per heavy atom. The van der Waals surface area contributed by atoms with Crippen molar-refractivity contribution < 1.29 is 14.6 Å². The lowest BCUT2D eigenvalue weighted by Crippen LogP contribution is -1.99. The molecule has 1 aromatic rings. The van der Waals surface area contributed by atoms with E-state index in [4.69, 9.17) is 33.0 Å². The van der Waals surface area contributed by atoms with Crippen LogP contribution < -0.4 is 4.74 Å². The molecule has 0 aliphatic heterocycles. The van der Waals surface area contributed by atoms with Crippen molar-refractivity contribution in [3.63, 3.8) is 0 Å². The Morgan fingerprint density at radius 3 is 2.65 bits per heavy atom. The normalized spacial score (nSPS) is 10.2. The molecule has 0 saturated carbocycles. The van der Waals surface area contributed by atoms with Gasteiger partial charge in [-0.15, -0.1) is 0 Å². The van der Waals surface area contributed by atoms with E-state index in [9.17, 15) is 4.79 Å². The van der Waals surface area contributed by atoms with Gasteiger partial charge in [0.05, 0.1) is 11.6 Å². The summed E-state index contributed by atoms with van der Waals surface area (Å²) in [5, 5.41) is 9.51. The summed E-state index contributed by atoms with van der Waals surface area (Å²) < 4.78 is 5.46. The van der Waals surface area contributed by atoms with Crippen LogP contribution in [0.2, 0.25) is 10.0 Å². The van der Waals surface area contributed by atoms with Gasteiger partial charge in [0, 0.05) is 11.4 Å². The molecule has 0 atom stereocenters. The Morgan fingerprint density at radius 1 is 1.24 bits per heavy atom. The first kappa shape index (κ1) is 14.1. The fourth-order valence-electron chi connectivity index (χ4n) is 1.33. The highest BCUT2D eigenvalue weighted by Crippen LogP contribution is 2.27. The van der Waals surface area contributed by atoms with Gasteiger partial charge in [-0.25, -0.2) is 0 Å².